The van der Waals surface area contributed by atoms with Gasteiger partial charge in [0.1, 0.15) is 0 Å². The quantitative estimate of drug-likeness (QED) is 0.628. The van der Waals surface area contributed by atoms with Crippen LogP contribution in [0.15, 0.2) is 23.2 Å². The van der Waals surface area contributed by atoms with E-state index in [0.717, 1.165) is 45.0 Å². The summed E-state index contributed by atoms with van der Waals surface area (Å²) in [5.41, 5.74) is 4.13. The number of rotatable bonds is 4. The van der Waals surface area contributed by atoms with Crippen molar-refractivity contribution in [3.63, 3.8) is 0 Å². The Hall–Kier alpha value is -2.24. The van der Waals surface area contributed by atoms with Gasteiger partial charge in [0.05, 0.1) is 0 Å². The number of aryl methyl sites for hydroxylation is 1. The van der Waals surface area contributed by atoms with E-state index in [1.165, 1.54) is 29.7 Å². The van der Waals surface area contributed by atoms with Gasteiger partial charge in [0.15, 0.2) is 5.96 Å². The molecular weight excluding hydrogens is 338 g/mol. The van der Waals surface area contributed by atoms with Gasteiger partial charge in [-0.05, 0) is 48.8 Å². The minimum absolute atomic E-state index is 0.147. The molecule has 0 bridgehead atoms. The van der Waals surface area contributed by atoms with Crippen molar-refractivity contribution in [3.05, 3.63) is 29.3 Å². The molecule has 2 heterocycles. The van der Waals surface area contributed by atoms with Crippen LogP contribution in [0.2, 0.25) is 0 Å². The molecule has 1 amide bonds. The maximum Gasteiger partial charge on any atom is 0.220 e. The molecule has 6 nitrogen and oxygen atoms in total. The highest BCUT2D eigenvalue weighted by molar-refractivity contribution is 5.80. The molecule has 0 spiro atoms. The summed E-state index contributed by atoms with van der Waals surface area (Å²) in [5, 5.41) is 6.25. The Kier molecular flexibility index (Phi) is 6.58. The highest BCUT2D eigenvalue weighted by Crippen LogP contribution is 2.27. The molecule has 1 aromatic carbocycles. The van der Waals surface area contributed by atoms with Crippen molar-refractivity contribution in [2.45, 2.75) is 38.6 Å². The maximum atomic E-state index is 11.6. The number of benzene rings is 1. The molecule has 27 heavy (non-hydrogen) atoms. The monoisotopic (exact) mass is 371 g/mol. The number of aliphatic imine (C=N–C) groups is 1. The number of carbonyl (C=O) groups is 1. The third kappa shape index (κ3) is 4.93. The third-order valence-electron chi connectivity index (χ3n) is 5.82. The molecule has 2 aliphatic heterocycles. The van der Waals surface area contributed by atoms with Gasteiger partial charge in [0, 0.05) is 59.4 Å². The number of likely N-dealkylation sites (tertiary alicyclic amines) is 1. The zero-order chi connectivity index (χ0) is 19.2. The van der Waals surface area contributed by atoms with Crippen molar-refractivity contribution >= 4 is 17.6 Å². The fourth-order valence-corrected chi connectivity index (χ4v) is 4.18. The van der Waals surface area contributed by atoms with Gasteiger partial charge in [-0.15, -0.1) is 0 Å². The second kappa shape index (κ2) is 9.11. The molecule has 0 atom stereocenters. The van der Waals surface area contributed by atoms with Crippen LogP contribution in [-0.4, -0.2) is 57.5 Å². The van der Waals surface area contributed by atoms with E-state index in [2.05, 4.69) is 50.7 Å². The van der Waals surface area contributed by atoms with Crippen LogP contribution in [0, 0.1) is 5.92 Å². The van der Waals surface area contributed by atoms with Crippen LogP contribution in [0.3, 0.4) is 0 Å². The largest absolute Gasteiger partial charge is 0.374 e. The molecule has 2 aliphatic rings. The van der Waals surface area contributed by atoms with Crippen molar-refractivity contribution in [1.29, 1.82) is 0 Å². The molecule has 3 rings (SSSR count). The standard InChI is InChI=1S/C21H33N5O/c1-22-20(27)14-16-8-11-26(12-9-16)21(23-2)24-15-17-6-7-19-18(13-17)5-4-10-25(19)3/h6-7,13,16H,4-5,8-12,14-15H2,1-3H3,(H,22,27)(H,23,24). The zero-order valence-corrected chi connectivity index (χ0v) is 16.9. The number of piperidine rings is 1. The van der Waals surface area contributed by atoms with E-state index in [0.29, 0.717) is 12.3 Å². The molecule has 0 saturated carbocycles. The van der Waals surface area contributed by atoms with Crippen LogP contribution in [0.1, 0.15) is 36.8 Å². The van der Waals surface area contributed by atoms with Crippen molar-refractivity contribution in [2.24, 2.45) is 10.9 Å². The number of amides is 1. The summed E-state index contributed by atoms with van der Waals surface area (Å²) in [7, 11) is 5.73. The summed E-state index contributed by atoms with van der Waals surface area (Å²) in [6.45, 7) is 3.85. The van der Waals surface area contributed by atoms with Gasteiger partial charge in [0.25, 0.3) is 0 Å². The van der Waals surface area contributed by atoms with E-state index in [1.807, 2.05) is 7.05 Å². The Bertz CT molecular complexity index is 679. The van der Waals surface area contributed by atoms with Crippen LogP contribution in [0.5, 0.6) is 0 Å². The predicted octanol–water partition coefficient (Wildman–Crippen LogP) is 1.99. The number of hydrogen-bond acceptors (Lipinski definition) is 3. The van der Waals surface area contributed by atoms with E-state index in [-0.39, 0.29) is 5.91 Å². The topological polar surface area (TPSA) is 60.0 Å². The molecule has 0 radical (unpaired) electrons. The highest BCUT2D eigenvalue weighted by Gasteiger charge is 2.23. The van der Waals surface area contributed by atoms with Crippen molar-refractivity contribution in [1.82, 2.24) is 15.5 Å². The van der Waals surface area contributed by atoms with Gasteiger partial charge >= 0.3 is 0 Å². The summed E-state index contributed by atoms with van der Waals surface area (Å²) in [4.78, 5) is 20.7. The van der Waals surface area contributed by atoms with Crippen LogP contribution in [-0.2, 0) is 17.8 Å². The second-order valence-corrected chi connectivity index (χ2v) is 7.70. The second-order valence-electron chi connectivity index (χ2n) is 7.70. The number of nitrogens with zero attached hydrogens (tertiary/aromatic N) is 3. The molecule has 6 heteroatoms. The summed E-state index contributed by atoms with van der Waals surface area (Å²) in [6.07, 6.45) is 5.12. The van der Waals surface area contributed by atoms with Gasteiger partial charge in [0.2, 0.25) is 5.91 Å². The minimum atomic E-state index is 0.147. The van der Waals surface area contributed by atoms with Crippen molar-refractivity contribution in [3.8, 4) is 0 Å². The predicted molar refractivity (Wildman–Crippen MR) is 111 cm³/mol. The lowest BCUT2D eigenvalue weighted by Crippen LogP contribution is -2.45. The first kappa shape index (κ1) is 19.5. The highest BCUT2D eigenvalue weighted by atomic mass is 16.1. The molecule has 1 aromatic rings. The first-order chi connectivity index (χ1) is 13.1. The van der Waals surface area contributed by atoms with E-state index >= 15 is 0 Å². The van der Waals surface area contributed by atoms with E-state index < -0.39 is 0 Å². The summed E-state index contributed by atoms with van der Waals surface area (Å²) >= 11 is 0. The number of guanidine groups is 1. The molecule has 0 aliphatic carbocycles. The molecular formula is C21H33N5O. The van der Waals surface area contributed by atoms with Gasteiger partial charge in [-0.1, -0.05) is 12.1 Å². The van der Waals surface area contributed by atoms with Crippen molar-refractivity contribution < 1.29 is 4.79 Å². The molecule has 0 aromatic heterocycles. The van der Waals surface area contributed by atoms with E-state index in [4.69, 9.17) is 0 Å². The normalized spacial score (nSPS) is 18.3. The smallest absolute Gasteiger partial charge is 0.220 e. The van der Waals surface area contributed by atoms with Crippen LogP contribution in [0.4, 0.5) is 5.69 Å². The minimum Gasteiger partial charge on any atom is -0.374 e. The van der Waals surface area contributed by atoms with Crippen LogP contribution in [0.25, 0.3) is 0 Å². The molecule has 148 valence electrons. The molecule has 1 fully saturated rings. The van der Waals surface area contributed by atoms with Gasteiger partial charge < -0.3 is 20.4 Å². The number of fused-ring (bicyclic) bond motifs is 1. The van der Waals surface area contributed by atoms with Gasteiger partial charge in [-0.25, -0.2) is 0 Å². The molecule has 0 unspecified atom stereocenters. The SMILES string of the molecule is CN=C(NCc1ccc2c(c1)CCCN2C)N1CCC(CC(=O)NC)CC1. The van der Waals surface area contributed by atoms with E-state index in [9.17, 15) is 4.79 Å². The van der Waals surface area contributed by atoms with Crippen molar-refractivity contribution in [2.75, 3.05) is 45.7 Å². The summed E-state index contributed by atoms with van der Waals surface area (Å²) < 4.78 is 0. The fraction of sp³-hybridized carbons (Fsp3) is 0.619. The average molecular weight is 372 g/mol. The summed E-state index contributed by atoms with van der Waals surface area (Å²) in [6, 6.07) is 6.80. The molecule has 1 saturated heterocycles. The Balaban J connectivity index is 1.52. The lowest BCUT2D eigenvalue weighted by molar-refractivity contribution is -0.121. The Morgan fingerprint density at radius 1 is 1.26 bits per heavy atom. The average Bonchev–Trinajstić information content (AvgIpc) is 2.69. The first-order valence-corrected chi connectivity index (χ1v) is 10.1. The number of hydrogen-bond donors (Lipinski definition) is 2. The first-order valence-electron chi connectivity index (χ1n) is 10.1. The van der Waals surface area contributed by atoms with Gasteiger partial charge in [-0.3, -0.25) is 9.79 Å². The Morgan fingerprint density at radius 3 is 2.74 bits per heavy atom. The lowest BCUT2D eigenvalue weighted by Gasteiger charge is -2.34. The van der Waals surface area contributed by atoms with Crippen LogP contribution >= 0.6 is 0 Å². The van der Waals surface area contributed by atoms with E-state index in [1.54, 1.807) is 7.05 Å². The molecule has 2 N–H and O–H groups in total. The number of anilines is 1. The van der Waals surface area contributed by atoms with Crippen LogP contribution < -0.4 is 15.5 Å². The fourth-order valence-electron chi connectivity index (χ4n) is 4.18. The lowest BCUT2D eigenvalue weighted by atomic mass is 9.93. The van der Waals surface area contributed by atoms with Gasteiger partial charge in [-0.2, -0.15) is 0 Å². The third-order valence-corrected chi connectivity index (χ3v) is 5.82. The maximum absolute atomic E-state index is 11.6. The summed E-state index contributed by atoms with van der Waals surface area (Å²) in [5.74, 6) is 1.59. The Morgan fingerprint density at radius 2 is 2.04 bits per heavy atom. The number of carbonyl (C=O) groups excluding carboxylic acids is 1. The Labute approximate surface area is 163 Å². The zero-order valence-electron chi connectivity index (χ0n) is 16.9. The number of nitrogens with one attached hydrogen (secondary N) is 2.